The van der Waals surface area contributed by atoms with Crippen LogP contribution in [0.15, 0.2) is 41.5 Å². The molecule has 0 aliphatic heterocycles. The highest BCUT2D eigenvalue weighted by molar-refractivity contribution is 6.29. The number of hydrogen-bond acceptors (Lipinski definition) is 3. The van der Waals surface area contributed by atoms with E-state index >= 15 is 0 Å². The normalized spacial score (nSPS) is 10.1. The Morgan fingerprint density at radius 3 is 3.00 bits per heavy atom. The Morgan fingerprint density at radius 2 is 2.25 bits per heavy atom. The van der Waals surface area contributed by atoms with Crippen LogP contribution in [0.3, 0.4) is 0 Å². The lowest BCUT2D eigenvalue weighted by molar-refractivity contribution is 0.414. The van der Waals surface area contributed by atoms with Gasteiger partial charge in [-0.2, -0.15) is 0 Å². The van der Waals surface area contributed by atoms with Gasteiger partial charge in [-0.15, -0.1) is 0 Å². The van der Waals surface area contributed by atoms with Gasteiger partial charge in [0.15, 0.2) is 5.15 Å². The summed E-state index contributed by atoms with van der Waals surface area (Å²) in [6.45, 7) is 0. The summed E-state index contributed by atoms with van der Waals surface area (Å²) in [4.78, 5) is 15.4. The molecule has 0 atom stereocenters. The van der Waals surface area contributed by atoms with Gasteiger partial charge in [-0.25, -0.2) is 4.98 Å². The van der Waals surface area contributed by atoms with Crippen molar-refractivity contribution in [2.24, 2.45) is 0 Å². The quantitative estimate of drug-likeness (QED) is 0.800. The van der Waals surface area contributed by atoms with Gasteiger partial charge in [0.2, 0.25) is 0 Å². The molecule has 0 fully saturated rings. The monoisotopic (exact) mass is 236 g/mol. The molecule has 1 aromatic carbocycles. The first-order valence-electron chi connectivity index (χ1n) is 4.60. The maximum atomic E-state index is 11.7. The van der Waals surface area contributed by atoms with Crippen molar-refractivity contribution in [1.29, 1.82) is 0 Å². The Balaban J connectivity index is 2.59. The minimum atomic E-state index is -0.350. The van der Waals surface area contributed by atoms with Gasteiger partial charge in [0.25, 0.3) is 5.56 Å². The van der Waals surface area contributed by atoms with Crippen LogP contribution in [0.1, 0.15) is 0 Å². The van der Waals surface area contributed by atoms with Gasteiger partial charge < -0.3 is 4.74 Å². The van der Waals surface area contributed by atoms with Crippen molar-refractivity contribution >= 4 is 11.6 Å². The molecule has 4 nitrogen and oxygen atoms in total. The van der Waals surface area contributed by atoms with Crippen LogP contribution in [-0.4, -0.2) is 16.7 Å². The molecular formula is C11H9ClN2O2. The first-order chi connectivity index (χ1) is 7.72. The van der Waals surface area contributed by atoms with Crippen LogP contribution in [0.4, 0.5) is 0 Å². The average Bonchev–Trinajstić information content (AvgIpc) is 2.33. The Labute approximate surface area is 97.1 Å². The van der Waals surface area contributed by atoms with E-state index in [1.807, 2.05) is 0 Å². The molecule has 2 rings (SSSR count). The van der Waals surface area contributed by atoms with Crippen LogP contribution in [0.2, 0.25) is 5.15 Å². The number of nitrogens with zero attached hydrogens (tertiary/aromatic N) is 2. The zero-order valence-electron chi connectivity index (χ0n) is 8.55. The predicted octanol–water partition coefficient (Wildman–Crippen LogP) is 1.89. The molecule has 0 unspecified atom stereocenters. The van der Waals surface area contributed by atoms with Crippen molar-refractivity contribution in [2.45, 2.75) is 0 Å². The lowest BCUT2D eigenvalue weighted by Gasteiger charge is -2.06. The van der Waals surface area contributed by atoms with Gasteiger partial charge in [0.05, 0.1) is 12.8 Å². The molecule has 2 aromatic rings. The summed E-state index contributed by atoms with van der Waals surface area (Å²) in [7, 11) is 1.57. The molecule has 0 saturated heterocycles. The van der Waals surface area contributed by atoms with Crippen LogP contribution < -0.4 is 10.3 Å². The van der Waals surface area contributed by atoms with E-state index < -0.39 is 0 Å². The van der Waals surface area contributed by atoms with E-state index in [0.717, 1.165) is 0 Å². The Bertz CT molecular complexity index is 566. The van der Waals surface area contributed by atoms with Gasteiger partial charge in [0.1, 0.15) is 5.75 Å². The molecule has 0 saturated carbocycles. The maximum Gasteiger partial charge on any atom is 0.292 e. The van der Waals surface area contributed by atoms with Crippen molar-refractivity contribution in [3.05, 3.63) is 52.2 Å². The van der Waals surface area contributed by atoms with E-state index in [4.69, 9.17) is 16.3 Å². The minimum absolute atomic E-state index is 0.0506. The van der Waals surface area contributed by atoms with Gasteiger partial charge in [-0.1, -0.05) is 17.7 Å². The van der Waals surface area contributed by atoms with Crippen LogP contribution in [0.25, 0.3) is 5.69 Å². The second kappa shape index (κ2) is 4.37. The van der Waals surface area contributed by atoms with Crippen LogP contribution in [0, 0.1) is 0 Å². The zero-order valence-corrected chi connectivity index (χ0v) is 9.31. The number of aromatic nitrogens is 2. The van der Waals surface area contributed by atoms with Crippen LogP contribution in [-0.2, 0) is 0 Å². The minimum Gasteiger partial charge on any atom is -0.497 e. The van der Waals surface area contributed by atoms with E-state index in [1.54, 1.807) is 37.6 Å². The van der Waals surface area contributed by atoms with E-state index in [0.29, 0.717) is 11.4 Å². The molecule has 82 valence electrons. The topological polar surface area (TPSA) is 44.1 Å². The van der Waals surface area contributed by atoms with E-state index in [9.17, 15) is 4.79 Å². The number of rotatable bonds is 2. The molecule has 1 heterocycles. The Hall–Kier alpha value is -1.81. The highest BCUT2D eigenvalue weighted by Gasteiger charge is 2.04. The highest BCUT2D eigenvalue weighted by Crippen LogP contribution is 2.15. The summed E-state index contributed by atoms with van der Waals surface area (Å²) in [6.07, 6.45) is 3.03. The predicted molar refractivity (Wildman–Crippen MR) is 61.4 cm³/mol. The Kier molecular flexibility index (Phi) is 2.92. The number of methoxy groups -OCH3 is 1. The van der Waals surface area contributed by atoms with Crippen molar-refractivity contribution in [1.82, 2.24) is 9.55 Å². The molecule has 0 bridgehead atoms. The fourth-order valence-corrected chi connectivity index (χ4v) is 1.50. The molecule has 0 spiro atoms. The van der Waals surface area contributed by atoms with E-state index in [-0.39, 0.29) is 10.7 Å². The van der Waals surface area contributed by atoms with Crippen LogP contribution >= 0.6 is 11.6 Å². The SMILES string of the molecule is COc1cccc(-n2ccnc(Cl)c2=O)c1. The molecule has 1 aromatic heterocycles. The fourth-order valence-electron chi connectivity index (χ4n) is 1.35. The largest absolute Gasteiger partial charge is 0.497 e. The van der Waals surface area contributed by atoms with E-state index in [2.05, 4.69) is 4.98 Å². The third-order valence-corrected chi connectivity index (χ3v) is 2.39. The fraction of sp³-hybridized carbons (Fsp3) is 0.0909. The van der Waals surface area contributed by atoms with Crippen molar-refractivity contribution < 1.29 is 4.74 Å². The van der Waals surface area contributed by atoms with Crippen molar-refractivity contribution in [3.8, 4) is 11.4 Å². The summed E-state index contributed by atoms with van der Waals surface area (Å²) in [5, 5.41) is -0.0506. The zero-order chi connectivity index (χ0) is 11.5. The molecular weight excluding hydrogens is 228 g/mol. The smallest absolute Gasteiger partial charge is 0.292 e. The second-order valence-electron chi connectivity index (χ2n) is 3.09. The molecule has 0 aliphatic carbocycles. The Morgan fingerprint density at radius 1 is 1.44 bits per heavy atom. The van der Waals surface area contributed by atoms with Gasteiger partial charge in [0, 0.05) is 18.5 Å². The lowest BCUT2D eigenvalue weighted by atomic mass is 10.3. The number of benzene rings is 1. The first kappa shape index (κ1) is 10.7. The van der Waals surface area contributed by atoms with Gasteiger partial charge in [-0.3, -0.25) is 9.36 Å². The average molecular weight is 237 g/mol. The molecule has 16 heavy (non-hydrogen) atoms. The van der Waals surface area contributed by atoms with E-state index in [1.165, 1.54) is 10.8 Å². The molecule has 0 aliphatic rings. The standard InChI is InChI=1S/C11H9ClN2O2/c1-16-9-4-2-3-8(7-9)14-6-5-13-10(12)11(14)15/h2-7H,1H3. The third-order valence-electron chi connectivity index (χ3n) is 2.13. The van der Waals surface area contributed by atoms with Gasteiger partial charge in [-0.05, 0) is 12.1 Å². The highest BCUT2D eigenvalue weighted by atomic mass is 35.5. The second-order valence-corrected chi connectivity index (χ2v) is 3.45. The maximum absolute atomic E-state index is 11.7. The molecule has 0 amide bonds. The molecule has 5 heteroatoms. The summed E-state index contributed by atoms with van der Waals surface area (Å²) in [6, 6.07) is 7.14. The molecule has 0 N–H and O–H groups in total. The summed E-state index contributed by atoms with van der Waals surface area (Å²) in [5.41, 5.74) is 0.339. The van der Waals surface area contributed by atoms with Crippen molar-refractivity contribution in [3.63, 3.8) is 0 Å². The number of ether oxygens (including phenoxy) is 1. The van der Waals surface area contributed by atoms with Gasteiger partial charge >= 0.3 is 0 Å². The summed E-state index contributed by atoms with van der Waals surface area (Å²) in [5.74, 6) is 0.678. The number of halogens is 1. The number of hydrogen-bond donors (Lipinski definition) is 0. The van der Waals surface area contributed by atoms with Crippen molar-refractivity contribution in [2.75, 3.05) is 7.11 Å². The summed E-state index contributed by atoms with van der Waals surface area (Å²) >= 11 is 5.66. The summed E-state index contributed by atoms with van der Waals surface area (Å²) < 4.78 is 6.50. The third kappa shape index (κ3) is 1.92. The van der Waals surface area contributed by atoms with Crippen LogP contribution in [0.5, 0.6) is 5.75 Å². The first-order valence-corrected chi connectivity index (χ1v) is 4.98. The lowest BCUT2D eigenvalue weighted by Crippen LogP contribution is -2.18. The molecule has 0 radical (unpaired) electrons.